The summed E-state index contributed by atoms with van der Waals surface area (Å²) in [5.74, 6) is 0.815. The number of hydrogen-bond donors (Lipinski definition) is 1. The number of nitrogens with one attached hydrogen (secondary N) is 1. The van der Waals surface area contributed by atoms with Gasteiger partial charge in [-0.15, -0.1) is 0 Å². The van der Waals surface area contributed by atoms with Crippen LogP contribution < -0.4 is 15.1 Å². The highest BCUT2D eigenvalue weighted by Crippen LogP contribution is 2.21. The molecule has 1 fully saturated rings. The summed E-state index contributed by atoms with van der Waals surface area (Å²) in [7, 11) is 0. The van der Waals surface area contributed by atoms with Crippen molar-refractivity contribution in [2.45, 2.75) is 26.3 Å². The molecular weight excluding hydrogens is 340 g/mol. The summed E-state index contributed by atoms with van der Waals surface area (Å²) in [5.41, 5.74) is 2.12. The predicted octanol–water partition coefficient (Wildman–Crippen LogP) is 3.16. The lowest BCUT2D eigenvalue weighted by Gasteiger charge is -2.24. The Balaban J connectivity index is 1.58. The molecule has 2 aromatic rings. The fourth-order valence-electron chi connectivity index (χ4n) is 3.29. The quantitative estimate of drug-likeness (QED) is 0.791. The minimum Gasteiger partial charge on any atom is -0.464 e. The van der Waals surface area contributed by atoms with Gasteiger partial charge in [-0.2, -0.15) is 0 Å². The number of pyridine rings is 1. The highest BCUT2D eigenvalue weighted by atomic mass is 16.5. The van der Waals surface area contributed by atoms with Crippen LogP contribution >= 0.6 is 0 Å². The van der Waals surface area contributed by atoms with Crippen LogP contribution in [0.1, 0.15) is 20.3 Å². The zero-order valence-electron chi connectivity index (χ0n) is 16.1. The summed E-state index contributed by atoms with van der Waals surface area (Å²) >= 11 is 0. The molecule has 1 saturated heterocycles. The van der Waals surface area contributed by atoms with Crippen LogP contribution in [0.2, 0.25) is 0 Å². The van der Waals surface area contributed by atoms with Gasteiger partial charge in [-0.25, -0.2) is 9.78 Å². The molecule has 0 bridgehead atoms. The summed E-state index contributed by atoms with van der Waals surface area (Å²) in [6.07, 6.45) is 2.94. The van der Waals surface area contributed by atoms with Crippen molar-refractivity contribution >= 4 is 23.2 Å². The van der Waals surface area contributed by atoms with Gasteiger partial charge in [-0.1, -0.05) is 6.07 Å². The average molecular weight is 368 g/mol. The second-order valence-corrected chi connectivity index (χ2v) is 6.68. The molecular formula is C21H28N4O2. The largest absolute Gasteiger partial charge is 0.464 e. The van der Waals surface area contributed by atoms with E-state index in [0.717, 1.165) is 44.1 Å². The van der Waals surface area contributed by atoms with Gasteiger partial charge in [0, 0.05) is 43.8 Å². The van der Waals surface area contributed by atoms with Crippen molar-refractivity contribution < 1.29 is 9.53 Å². The van der Waals surface area contributed by atoms with Gasteiger partial charge in [-0.3, -0.25) is 0 Å². The summed E-state index contributed by atoms with van der Waals surface area (Å²) in [4.78, 5) is 21.0. The lowest BCUT2D eigenvalue weighted by molar-refractivity contribution is -0.143. The average Bonchev–Trinajstić information content (AvgIpc) is 2.96. The number of rotatable bonds is 6. The lowest BCUT2D eigenvalue weighted by atomic mass is 10.2. The van der Waals surface area contributed by atoms with E-state index in [1.807, 2.05) is 44.3 Å². The van der Waals surface area contributed by atoms with Gasteiger partial charge in [0.25, 0.3) is 0 Å². The minimum atomic E-state index is -0.360. The lowest BCUT2D eigenvalue weighted by Crippen LogP contribution is -2.31. The number of anilines is 3. The van der Waals surface area contributed by atoms with Crippen LogP contribution in [0.5, 0.6) is 0 Å². The number of benzene rings is 1. The summed E-state index contributed by atoms with van der Waals surface area (Å²) in [5, 5.41) is 3.19. The van der Waals surface area contributed by atoms with E-state index < -0.39 is 0 Å². The number of esters is 1. The molecule has 2 heterocycles. The van der Waals surface area contributed by atoms with Gasteiger partial charge in [-0.05, 0) is 56.7 Å². The maximum Gasteiger partial charge on any atom is 0.328 e. The van der Waals surface area contributed by atoms with E-state index in [1.165, 1.54) is 5.69 Å². The zero-order valence-corrected chi connectivity index (χ0v) is 16.1. The van der Waals surface area contributed by atoms with Crippen molar-refractivity contribution in [1.29, 1.82) is 0 Å². The second kappa shape index (κ2) is 9.26. The Hall–Kier alpha value is -2.76. The molecule has 0 aliphatic carbocycles. The Morgan fingerprint density at radius 1 is 1.11 bits per heavy atom. The van der Waals surface area contributed by atoms with Crippen LogP contribution in [0, 0.1) is 0 Å². The highest BCUT2D eigenvalue weighted by Gasteiger charge is 2.17. The maximum atomic E-state index is 11.7. The van der Waals surface area contributed by atoms with Crippen LogP contribution in [-0.4, -0.2) is 49.8 Å². The van der Waals surface area contributed by atoms with E-state index >= 15 is 0 Å². The van der Waals surface area contributed by atoms with Crippen LogP contribution in [0.15, 0.2) is 48.7 Å². The van der Waals surface area contributed by atoms with Gasteiger partial charge < -0.3 is 19.9 Å². The van der Waals surface area contributed by atoms with Gasteiger partial charge in [0.15, 0.2) is 0 Å². The smallest absolute Gasteiger partial charge is 0.328 e. The van der Waals surface area contributed by atoms with Gasteiger partial charge >= 0.3 is 5.97 Å². The molecule has 1 atom stereocenters. The topological polar surface area (TPSA) is 57.7 Å². The molecule has 1 aliphatic heterocycles. The SMILES string of the molecule is CCOC(=O)C(C)Nc1ccc(N2CCCN(c3ccccn3)CC2)cc1. The molecule has 0 amide bonds. The third kappa shape index (κ3) is 5.12. The molecule has 6 nitrogen and oxygen atoms in total. The first kappa shape index (κ1) is 19.0. The number of carbonyl (C=O) groups is 1. The molecule has 1 aromatic carbocycles. The fraction of sp³-hybridized carbons (Fsp3) is 0.429. The van der Waals surface area contributed by atoms with E-state index in [2.05, 4.69) is 38.3 Å². The van der Waals surface area contributed by atoms with Crippen molar-refractivity contribution in [3.05, 3.63) is 48.7 Å². The molecule has 27 heavy (non-hydrogen) atoms. The fourth-order valence-corrected chi connectivity index (χ4v) is 3.29. The van der Waals surface area contributed by atoms with E-state index in [9.17, 15) is 4.79 Å². The van der Waals surface area contributed by atoms with Crippen molar-refractivity contribution in [1.82, 2.24) is 4.98 Å². The number of carbonyl (C=O) groups excluding carboxylic acids is 1. The van der Waals surface area contributed by atoms with Crippen LogP contribution in [0.4, 0.5) is 17.2 Å². The Morgan fingerprint density at radius 2 is 1.85 bits per heavy atom. The number of hydrogen-bond acceptors (Lipinski definition) is 6. The summed E-state index contributed by atoms with van der Waals surface area (Å²) in [6.45, 7) is 7.98. The number of nitrogens with zero attached hydrogens (tertiary/aromatic N) is 3. The number of ether oxygens (including phenoxy) is 1. The molecule has 144 valence electrons. The van der Waals surface area contributed by atoms with E-state index in [1.54, 1.807) is 0 Å². The molecule has 1 N–H and O–H groups in total. The Bertz CT molecular complexity index is 721. The van der Waals surface area contributed by atoms with Gasteiger partial charge in [0.05, 0.1) is 6.61 Å². The normalized spacial score (nSPS) is 15.8. The first-order valence-electron chi connectivity index (χ1n) is 9.61. The van der Waals surface area contributed by atoms with E-state index in [4.69, 9.17) is 4.74 Å². The Labute approximate surface area is 161 Å². The van der Waals surface area contributed by atoms with Gasteiger partial charge in [0.1, 0.15) is 11.9 Å². The minimum absolute atomic E-state index is 0.233. The summed E-state index contributed by atoms with van der Waals surface area (Å²) < 4.78 is 5.04. The second-order valence-electron chi connectivity index (χ2n) is 6.68. The third-order valence-electron chi connectivity index (χ3n) is 4.72. The maximum absolute atomic E-state index is 11.7. The van der Waals surface area contributed by atoms with Crippen molar-refractivity contribution in [2.75, 3.05) is 47.9 Å². The molecule has 1 unspecified atom stereocenters. The molecule has 0 radical (unpaired) electrons. The van der Waals surface area contributed by atoms with Gasteiger partial charge in [0.2, 0.25) is 0 Å². The first-order chi connectivity index (χ1) is 13.2. The Morgan fingerprint density at radius 3 is 2.56 bits per heavy atom. The van der Waals surface area contributed by atoms with Crippen LogP contribution in [0.25, 0.3) is 0 Å². The predicted molar refractivity (Wildman–Crippen MR) is 109 cm³/mol. The molecule has 0 saturated carbocycles. The van der Waals surface area contributed by atoms with E-state index in [-0.39, 0.29) is 12.0 Å². The van der Waals surface area contributed by atoms with Crippen molar-refractivity contribution in [3.8, 4) is 0 Å². The molecule has 0 spiro atoms. The highest BCUT2D eigenvalue weighted by molar-refractivity contribution is 5.78. The van der Waals surface area contributed by atoms with Crippen molar-refractivity contribution in [3.63, 3.8) is 0 Å². The third-order valence-corrected chi connectivity index (χ3v) is 4.72. The number of aromatic nitrogens is 1. The zero-order chi connectivity index (χ0) is 19.1. The van der Waals surface area contributed by atoms with Crippen LogP contribution in [0.3, 0.4) is 0 Å². The molecule has 1 aliphatic rings. The van der Waals surface area contributed by atoms with E-state index in [0.29, 0.717) is 6.61 Å². The molecule has 1 aromatic heterocycles. The molecule has 3 rings (SSSR count). The standard InChI is InChI=1S/C21H28N4O2/c1-3-27-21(26)17(2)23-18-8-10-19(11-9-18)24-13-6-14-25(16-15-24)20-7-4-5-12-22-20/h4-5,7-12,17,23H,3,6,13-16H2,1-2H3. The van der Waals surface area contributed by atoms with Crippen molar-refractivity contribution in [2.24, 2.45) is 0 Å². The Kier molecular flexibility index (Phi) is 6.52. The monoisotopic (exact) mass is 368 g/mol. The van der Waals surface area contributed by atoms with Crippen LogP contribution in [-0.2, 0) is 9.53 Å². The summed E-state index contributed by atoms with van der Waals surface area (Å²) in [6, 6.07) is 14.0. The molecule has 6 heteroatoms. The first-order valence-corrected chi connectivity index (χ1v) is 9.61.